The Bertz CT molecular complexity index is 785. The third kappa shape index (κ3) is 3.48. The monoisotopic (exact) mass is 376 g/mol. The number of anilines is 2. The lowest BCUT2D eigenvalue weighted by atomic mass is 10.0. The Kier molecular flexibility index (Phi) is 4.55. The zero-order chi connectivity index (χ0) is 16.6. The first-order valence-electron chi connectivity index (χ1n) is 7.80. The molecule has 6 heteroatoms. The summed E-state index contributed by atoms with van der Waals surface area (Å²) >= 11 is 3.42. The van der Waals surface area contributed by atoms with Crippen LogP contribution >= 0.6 is 15.9 Å². The highest BCUT2D eigenvalue weighted by atomic mass is 79.9. The van der Waals surface area contributed by atoms with E-state index in [0.29, 0.717) is 11.7 Å². The minimum Gasteiger partial charge on any atom is -0.336 e. The van der Waals surface area contributed by atoms with Crippen molar-refractivity contribution >= 4 is 27.4 Å². The maximum Gasteiger partial charge on any atom is 0.274 e. The van der Waals surface area contributed by atoms with Gasteiger partial charge in [-0.25, -0.2) is 4.98 Å². The van der Waals surface area contributed by atoms with Crippen LogP contribution in [0.2, 0.25) is 0 Å². The van der Waals surface area contributed by atoms with Crippen molar-refractivity contribution in [1.82, 2.24) is 14.5 Å². The standard InChI is InChI=1S/C17H21BrN4O/c1-11(2)22-7-6-14-12(9-22)4-5-16(19-14)20-15-8-13(18)10-21(3)17(15)23/h4-5,8,10-11H,6-7,9H2,1-3H3,(H,19,20). The van der Waals surface area contributed by atoms with Crippen molar-refractivity contribution in [2.24, 2.45) is 7.05 Å². The second-order valence-corrected chi connectivity index (χ2v) is 7.15. The van der Waals surface area contributed by atoms with Gasteiger partial charge in [0, 0.05) is 49.0 Å². The molecule has 3 rings (SSSR count). The third-order valence-corrected chi connectivity index (χ3v) is 4.65. The van der Waals surface area contributed by atoms with Gasteiger partial charge < -0.3 is 9.88 Å². The van der Waals surface area contributed by atoms with Gasteiger partial charge in [-0.2, -0.15) is 0 Å². The molecule has 0 fully saturated rings. The van der Waals surface area contributed by atoms with Crippen molar-refractivity contribution in [3.05, 3.63) is 50.5 Å². The third-order valence-electron chi connectivity index (χ3n) is 4.22. The maximum atomic E-state index is 12.2. The van der Waals surface area contributed by atoms with Gasteiger partial charge in [0.1, 0.15) is 11.5 Å². The minimum absolute atomic E-state index is 0.0706. The summed E-state index contributed by atoms with van der Waals surface area (Å²) in [6, 6.07) is 6.39. The molecule has 0 radical (unpaired) electrons. The van der Waals surface area contributed by atoms with E-state index >= 15 is 0 Å². The fraction of sp³-hybridized carbons (Fsp3) is 0.412. The largest absolute Gasteiger partial charge is 0.336 e. The second kappa shape index (κ2) is 6.45. The van der Waals surface area contributed by atoms with Gasteiger partial charge in [0.2, 0.25) is 0 Å². The summed E-state index contributed by atoms with van der Waals surface area (Å²) in [6.07, 6.45) is 2.69. The first kappa shape index (κ1) is 16.2. The molecule has 0 aliphatic carbocycles. The topological polar surface area (TPSA) is 50.2 Å². The Morgan fingerprint density at radius 3 is 2.87 bits per heavy atom. The molecule has 5 nitrogen and oxygen atoms in total. The average Bonchev–Trinajstić information content (AvgIpc) is 2.51. The van der Waals surface area contributed by atoms with Crippen LogP contribution in [0.25, 0.3) is 0 Å². The number of pyridine rings is 2. The molecule has 23 heavy (non-hydrogen) atoms. The number of rotatable bonds is 3. The summed E-state index contributed by atoms with van der Waals surface area (Å²) in [7, 11) is 1.74. The summed E-state index contributed by atoms with van der Waals surface area (Å²) in [6.45, 7) is 6.41. The first-order chi connectivity index (χ1) is 10.9. The van der Waals surface area contributed by atoms with Crippen LogP contribution in [0.3, 0.4) is 0 Å². The van der Waals surface area contributed by atoms with E-state index in [1.165, 1.54) is 5.56 Å². The number of hydrogen-bond donors (Lipinski definition) is 1. The van der Waals surface area contributed by atoms with Crippen LogP contribution in [0.5, 0.6) is 0 Å². The van der Waals surface area contributed by atoms with Crippen LogP contribution in [-0.4, -0.2) is 27.0 Å². The van der Waals surface area contributed by atoms with Crippen molar-refractivity contribution in [2.45, 2.75) is 32.9 Å². The Labute approximate surface area is 144 Å². The number of halogens is 1. The maximum absolute atomic E-state index is 12.2. The molecule has 0 atom stereocenters. The molecule has 0 aromatic carbocycles. The smallest absolute Gasteiger partial charge is 0.274 e. The van der Waals surface area contributed by atoms with Gasteiger partial charge >= 0.3 is 0 Å². The van der Waals surface area contributed by atoms with E-state index in [1.807, 2.05) is 6.07 Å². The summed E-state index contributed by atoms with van der Waals surface area (Å²) in [5.41, 5.74) is 2.85. The predicted octanol–water partition coefficient (Wildman–Crippen LogP) is 3.05. The molecular weight excluding hydrogens is 356 g/mol. The molecule has 0 amide bonds. The van der Waals surface area contributed by atoms with Crippen molar-refractivity contribution < 1.29 is 0 Å². The quantitative estimate of drug-likeness (QED) is 0.894. The van der Waals surface area contributed by atoms with Crippen LogP contribution in [0.15, 0.2) is 33.7 Å². The SMILES string of the molecule is CC(C)N1CCc2nc(Nc3cc(Br)cn(C)c3=O)ccc2C1. The molecular formula is C17H21BrN4O. The first-order valence-corrected chi connectivity index (χ1v) is 8.59. The minimum atomic E-state index is -0.0706. The molecule has 122 valence electrons. The highest BCUT2D eigenvalue weighted by Gasteiger charge is 2.19. The van der Waals surface area contributed by atoms with Crippen LogP contribution in [0.1, 0.15) is 25.1 Å². The van der Waals surface area contributed by atoms with E-state index in [-0.39, 0.29) is 5.56 Å². The lowest BCUT2D eigenvalue weighted by Crippen LogP contribution is -2.36. The molecule has 2 aromatic rings. The molecule has 0 unspecified atom stereocenters. The molecule has 1 aliphatic rings. The van der Waals surface area contributed by atoms with Crippen LogP contribution in [0, 0.1) is 0 Å². The number of fused-ring (bicyclic) bond motifs is 1. The van der Waals surface area contributed by atoms with E-state index in [4.69, 9.17) is 4.98 Å². The lowest BCUT2D eigenvalue weighted by molar-refractivity contribution is 0.202. The number of aromatic nitrogens is 2. The van der Waals surface area contributed by atoms with Crippen LogP contribution in [0.4, 0.5) is 11.5 Å². The van der Waals surface area contributed by atoms with Crippen molar-refractivity contribution in [3.8, 4) is 0 Å². The van der Waals surface area contributed by atoms with E-state index in [9.17, 15) is 4.79 Å². The predicted molar refractivity (Wildman–Crippen MR) is 96.2 cm³/mol. The number of hydrogen-bond acceptors (Lipinski definition) is 4. The summed E-state index contributed by atoms with van der Waals surface area (Å²) in [5.74, 6) is 0.719. The highest BCUT2D eigenvalue weighted by molar-refractivity contribution is 9.10. The number of nitrogens with one attached hydrogen (secondary N) is 1. The van der Waals surface area contributed by atoms with Gasteiger partial charge in [0.05, 0.1) is 0 Å². The molecule has 1 aliphatic heterocycles. The summed E-state index contributed by atoms with van der Waals surface area (Å²) in [4.78, 5) is 19.3. The fourth-order valence-electron chi connectivity index (χ4n) is 2.85. The van der Waals surface area contributed by atoms with E-state index < -0.39 is 0 Å². The molecule has 1 N–H and O–H groups in total. The van der Waals surface area contributed by atoms with E-state index in [0.717, 1.165) is 35.5 Å². The van der Waals surface area contributed by atoms with Gasteiger partial charge in [-0.1, -0.05) is 6.07 Å². The lowest BCUT2D eigenvalue weighted by Gasteiger charge is -2.31. The second-order valence-electron chi connectivity index (χ2n) is 6.23. The molecule has 0 spiro atoms. The number of nitrogens with zero attached hydrogens (tertiary/aromatic N) is 3. The Balaban J connectivity index is 1.85. The zero-order valence-corrected chi connectivity index (χ0v) is 15.2. The molecule has 0 saturated carbocycles. The van der Waals surface area contributed by atoms with E-state index in [2.05, 4.69) is 46.1 Å². The Hall–Kier alpha value is -1.66. The Morgan fingerprint density at radius 2 is 2.13 bits per heavy atom. The molecule has 3 heterocycles. The molecule has 2 aromatic heterocycles. The van der Waals surface area contributed by atoms with Gasteiger partial charge in [0.15, 0.2) is 0 Å². The van der Waals surface area contributed by atoms with Crippen molar-refractivity contribution in [1.29, 1.82) is 0 Å². The molecule has 0 saturated heterocycles. The van der Waals surface area contributed by atoms with Gasteiger partial charge in [-0.05, 0) is 47.5 Å². The fourth-order valence-corrected chi connectivity index (χ4v) is 3.38. The van der Waals surface area contributed by atoms with E-state index in [1.54, 1.807) is 23.9 Å². The van der Waals surface area contributed by atoms with Crippen molar-refractivity contribution in [2.75, 3.05) is 11.9 Å². The zero-order valence-electron chi connectivity index (χ0n) is 13.6. The summed E-state index contributed by atoms with van der Waals surface area (Å²) in [5, 5.41) is 3.15. The van der Waals surface area contributed by atoms with Crippen LogP contribution in [-0.2, 0) is 20.0 Å². The highest BCUT2D eigenvalue weighted by Crippen LogP contribution is 2.22. The van der Waals surface area contributed by atoms with Gasteiger partial charge in [0.25, 0.3) is 5.56 Å². The Morgan fingerprint density at radius 1 is 1.35 bits per heavy atom. The van der Waals surface area contributed by atoms with Crippen LogP contribution < -0.4 is 10.9 Å². The normalized spacial score (nSPS) is 14.8. The van der Waals surface area contributed by atoms with Gasteiger partial charge in [-0.3, -0.25) is 9.69 Å². The van der Waals surface area contributed by atoms with Gasteiger partial charge in [-0.15, -0.1) is 0 Å². The average molecular weight is 377 g/mol. The summed E-state index contributed by atoms with van der Waals surface area (Å²) < 4.78 is 2.40. The van der Waals surface area contributed by atoms with Crippen molar-refractivity contribution in [3.63, 3.8) is 0 Å². The molecule has 0 bridgehead atoms. The number of aryl methyl sites for hydroxylation is 1.